The number of aliphatic hydroxyl groups excluding tert-OH is 1. The molecule has 2 atom stereocenters. The topological polar surface area (TPSA) is 77.8 Å². The molecule has 1 aliphatic rings. The van der Waals surface area contributed by atoms with Gasteiger partial charge in [0.25, 0.3) is 0 Å². The number of unbranched alkanes of at least 4 members (excludes halogenated alkanes) is 2. The Morgan fingerprint density at radius 3 is 2.69 bits per heavy atom. The zero-order valence-corrected chi connectivity index (χ0v) is 15.4. The highest BCUT2D eigenvalue weighted by molar-refractivity contribution is 5.87. The van der Waals surface area contributed by atoms with Crippen LogP contribution in [0.5, 0.6) is 0 Å². The monoisotopic (exact) mass is 359 g/mol. The van der Waals surface area contributed by atoms with Crippen LogP contribution in [0.15, 0.2) is 36.4 Å². The highest BCUT2D eigenvalue weighted by atomic mass is 16.4. The largest absolute Gasteiger partial charge is 0.478 e. The summed E-state index contributed by atoms with van der Waals surface area (Å²) in [6.07, 6.45) is 9.41. The molecule has 0 unspecified atom stereocenters. The SMILES string of the molecule is CCCCC[C@@H](O)C=C[C@H]1CCC(=O)N1CCc1ccc(C(=O)O)cc1. The van der Waals surface area contributed by atoms with Crippen molar-refractivity contribution in [3.8, 4) is 0 Å². The Hall–Kier alpha value is -2.14. The second-order valence-corrected chi connectivity index (χ2v) is 6.89. The zero-order chi connectivity index (χ0) is 18.9. The van der Waals surface area contributed by atoms with E-state index in [2.05, 4.69) is 6.92 Å². The first kappa shape index (κ1) is 20.2. The lowest BCUT2D eigenvalue weighted by Crippen LogP contribution is -2.33. The molecule has 26 heavy (non-hydrogen) atoms. The Kier molecular flexibility index (Phi) is 7.85. The van der Waals surface area contributed by atoms with E-state index in [1.807, 2.05) is 17.1 Å². The van der Waals surface area contributed by atoms with Gasteiger partial charge >= 0.3 is 5.97 Å². The molecule has 2 rings (SSSR count). The second kappa shape index (κ2) is 10.1. The van der Waals surface area contributed by atoms with E-state index in [1.54, 1.807) is 24.3 Å². The van der Waals surface area contributed by atoms with Gasteiger partial charge in [-0.2, -0.15) is 0 Å². The van der Waals surface area contributed by atoms with Gasteiger partial charge in [0.2, 0.25) is 5.91 Å². The normalized spacial score (nSPS) is 18.6. The van der Waals surface area contributed by atoms with E-state index < -0.39 is 12.1 Å². The molecule has 1 aliphatic heterocycles. The van der Waals surface area contributed by atoms with Gasteiger partial charge in [0.1, 0.15) is 0 Å². The molecule has 1 saturated heterocycles. The molecule has 0 saturated carbocycles. The van der Waals surface area contributed by atoms with Gasteiger partial charge in [-0.05, 0) is 37.0 Å². The van der Waals surface area contributed by atoms with Gasteiger partial charge in [0, 0.05) is 13.0 Å². The van der Waals surface area contributed by atoms with Gasteiger partial charge in [-0.1, -0.05) is 50.5 Å². The van der Waals surface area contributed by atoms with E-state index in [-0.39, 0.29) is 17.5 Å². The molecule has 0 radical (unpaired) electrons. The second-order valence-electron chi connectivity index (χ2n) is 6.89. The van der Waals surface area contributed by atoms with Gasteiger partial charge in [-0.3, -0.25) is 4.79 Å². The van der Waals surface area contributed by atoms with Crippen LogP contribution in [0.3, 0.4) is 0 Å². The number of benzene rings is 1. The number of aliphatic hydroxyl groups is 1. The Morgan fingerprint density at radius 2 is 2.04 bits per heavy atom. The van der Waals surface area contributed by atoms with Crippen molar-refractivity contribution in [3.63, 3.8) is 0 Å². The Balaban J connectivity index is 1.87. The maximum absolute atomic E-state index is 12.2. The number of carbonyl (C=O) groups is 2. The zero-order valence-electron chi connectivity index (χ0n) is 15.4. The molecule has 0 bridgehead atoms. The average Bonchev–Trinajstić information content (AvgIpc) is 2.98. The van der Waals surface area contributed by atoms with Crippen molar-refractivity contribution in [2.75, 3.05) is 6.54 Å². The van der Waals surface area contributed by atoms with Crippen LogP contribution < -0.4 is 0 Å². The molecule has 1 aromatic rings. The third-order valence-corrected chi connectivity index (χ3v) is 4.88. The summed E-state index contributed by atoms with van der Waals surface area (Å²) >= 11 is 0. The van der Waals surface area contributed by atoms with Gasteiger partial charge in [-0.25, -0.2) is 4.79 Å². The predicted octanol–water partition coefficient (Wildman–Crippen LogP) is 3.42. The maximum atomic E-state index is 12.2. The number of rotatable bonds is 10. The summed E-state index contributed by atoms with van der Waals surface area (Å²) in [5.41, 5.74) is 1.28. The molecule has 5 nitrogen and oxygen atoms in total. The molecule has 2 N–H and O–H groups in total. The van der Waals surface area contributed by atoms with Crippen molar-refractivity contribution in [2.24, 2.45) is 0 Å². The number of hydrogen-bond acceptors (Lipinski definition) is 3. The number of hydrogen-bond donors (Lipinski definition) is 2. The highest BCUT2D eigenvalue weighted by Gasteiger charge is 2.28. The summed E-state index contributed by atoms with van der Waals surface area (Å²) in [6, 6.07) is 6.82. The minimum atomic E-state index is -0.936. The molecule has 5 heteroatoms. The van der Waals surface area contributed by atoms with Crippen molar-refractivity contribution in [1.29, 1.82) is 0 Å². The number of nitrogens with zero attached hydrogens (tertiary/aromatic N) is 1. The first-order chi connectivity index (χ1) is 12.5. The summed E-state index contributed by atoms with van der Waals surface area (Å²) in [5.74, 6) is -0.795. The van der Waals surface area contributed by atoms with Crippen LogP contribution >= 0.6 is 0 Å². The van der Waals surface area contributed by atoms with Gasteiger partial charge in [0.15, 0.2) is 0 Å². The third-order valence-electron chi connectivity index (χ3n) is 4.88. The van der Waals surface area contributed by atoms with Crippen molar-refractivity contribution in [1.82, 2.24) is 4.90 Å². The Labute approximate surface area is 155 Å². The number of amides is 1. The van der Waals surface area contributed by atoms with E-state index in [0.717, 1.165) is 37.7 Å². The van der Waals surface area contributed by atoms with E-state index in [1.165, 1.54) is 0 Å². The number of carboxylic acid groups (broad SMARTS) is 1. The fourth-order valence-electron chi connectivity index (χ4n) is 3.27. The van der Waals surface area contributed by atoms with Crippen molar-refractivity contribution < 1.29 is 19.8 Å². The van der Waals surface area contributed by atoms with Crippen LogP contribution in [-0.2, 0) is 11.2 Å². The molecule has 0 aliphatic carbocycles. The molecule has 1 heterocycles. The molecular formula is C21H29NO4. The molecule has 0 aromatic heterocycles. The van der Waals surface area contributed by atoms with E-state index in [0.29, 0.717) is 19.4 Å². The minimum absolute atomic E-state index is 0.0432. The molecule has 1 aromatic carbocycles. The van der Waals surface area contributed by atoms with Gasteiger partial charge in [-0.15, -0.1) is 0 Å². The lowest BCUT2D eigenvalue weighted by Gasteiger charge is -2.22. The van der Waals surface area contributed by atoms with Crippen molar-refractivity contribution in [2.45, 2.75) is 64.0 Å². The summed E-state index contributed by atoms with van der Waals surface area (Å²) in [7, 11) is 0. The third kappa shape index (κ3) is 5.99. The van der Waals surface area contributed by atoms with Gasteiger partial charge in [0.05, 0.1) is 17.7 Å². The molecular weight excluding hydrogens is 330 g/mol. The van der Waals surface area contributed by atoms with Crippen molar-refractivity contribution >= 4 is 11.9 Å². The first-order valence-electron chi connectivity index (χ1n) is 9.49. The van der Waals surface area contributed by atoms with Crippen LogP contribution in [-0.4, -0.2) is 45.7 Å². The first-order valence-corrected chi connectivity index (χ1v) is 9.49. The smallest absolute Gasteiger partial charge is 0.335 e. The summed E-state index contributed by atoms with van der Waals surface area (Å²) in [4.78, 5) is 24.9. The van der Waals surface area contributed by atoms with E-state index in [4.69, 9.17) is 5.11 Å². The summed E-state index contributed by atoms with van der Waals surface area (Å²) in [5, 5.41) is 19.0. The highest BCUT2D eigenvalue weighted by Crippen LogP contribution is 2.21. The Bertz CT molecular complexity index is 623. The van der Waals surface area contributed by atoms with Crippen LogP contribution in [0.25, 0.3) is 0 Å². The summed E-state index contributed by atoms with van der Waals surface area (Å²) < 4.78 is 0. The van der Waals surface area contributed by atoms with Gasteiger partial charge < -0.3 is 15.1 Å². The summed E-state index contributed by atoms with van der Waals surface area (Å²) in [6.45, 7) is 2.74. The standard InChI is InChI=1S/C21H29NO4/c1-2-3-4-5-19(23)12-10-18-11-13-20(24)22(18)15-14-16-6-8-17(9-7-16)21(25)26/h6-10,12,18-19,23H,2-5,11,13-15H2,1H3,(H,25,26)/t18-,19+/m0/s1. The molecule has 1 amide bonds. The van der Waals surface area contributed by atoms with Crippen LogP contribution in [0.1, 0.15) is 61.4 Å². The Morgan fingerprint density at radius 1 is 1.31 bits per heavy atom. The minimum Gasteiger partial charge on any atom is -0.478 e. The molecule has 0 spiro atoms. The van der Waals surface area contributed by atoms with E-state index >= 15 is 0 Å². The van der Waals surface area contributed by atoms with E-state index in [9.17, 15) is 14.7 Å². The molecule has 1 fully saturated rings. The fraction of sp³-hybridized carbons (Fsp3) is 0.524. The molecule has 142 valence electrons. The number of likely N-dealkylation sites (tertiary alicyclic amines) is 1. The average molecular weight is 359 g/mol. The van der Waals surface area contributed by atoms with Crippen LogP contribution in [0.2, 0.25) is 0 Å². The number of carbonyl (C=O) groups excluding carboxylic acids is 1. The predicted molar refractivity (Wildman–Crippen MR) is 101 cm³/mol. The number of aromatic carboxylic acids is 1. The maximum Gasteiger partial charge on any atom is 0.335 e. The fourth-order valence-corrected chi connectivity index (χ4v) is 3.27. The lowest BCUT2D eigenvalue weighted by atomic mass is 10.1. The van der Waals surface area contributed by atoms with Crippen LogP contribution in [0.4, 0.5) is 0 Å². The number of carboxylic acids is 1. The van der Waals surface area contributed by atoms with Crippen LogP contribution in [0, 0.1) is 0 Å². The lowest BCUT2D eigenvalue weighted by molar-refractivity contribution is -0.128. The van der Waals surface area contributed by atoms with Crippen molar-refractivity contribution in [3.05, 3.63) is 47.5 Å². The quantitative estimate of drug-likeness (QED) is 0.496.